The number of hydrogen-bond donors (Lipinski definition) is 1. The largest absolute Gasteiger partial charge is 0.451 e. The van der Waals surface area contributed by atoms with Crippen LogP contribution in [-0.2, 0) is 0 Å². The second-order valence-electron chi connectivity index (χ2n) is 5.60. The van der Waals surface area contributed by atoms with E-state index >= 15 is 0 Å². The van der Waals surface area contributed by atoms with E-state index in [1.807, 2.05) is 30.3 Å². The van der Waals surface area contributed by atoms with Crippen LogP contribution in [0.4, 0.5) is 5.69 Å². The van der Waals surface area contributed by atoms with E-state index in [-0.39, 0.29) is 11.7 Å². The molecule has 0 saturated heterocycles. The van der Waals surface area contributed by atoms with Crippen molar-refractivity contribution in [3.63, 3.8) is 0 Å². The van der Waals surface area contributed by atoms with Crippen LogP contribution in [0, 0.1) is 0 Å². The van der Waals surface area contributed by atoms with Crippen molar-refractivity contribution in [1.82, 2.24) is 4.98 Å². The number of furan rings is 1. The first kappa shape index (κ1) is 16.6. The molecule has 0 fully saturated rings. The molecule has 0 bridgehead atoms. The lowest BCUT2D eigenvalue weighted by Gasteiger charge is -2.07. The van der Waals surface area contributed by atoms with E-state index in [9.17, 15) is 4.79 Å². The minimum absolute atomic E-state index is 0.178. The normalized spacial score (nSPS) is 10.8. The Hall–Kier alpha value is -2.82. The number of benzene rings is 2. The summed E-state index contributed by atoms with van der Waals surface area (Å²) in [6.45, 7) is 0. The number of carbonyl (C=O) groups excluding carboxylic acids is 1. The second kappa shape index (κ2) is 6.83. The van der Waals surface area contributed by atoms with Gasteiger partial charge in [0.2, 0.25) is 0 Å². The molecule has 2 heterocycles. The summed E-state index contributed by atoms with van der Waals surface area (Å²) in [6.07, 6.45) is 1.71. The zero-order valence-electron chi connectivity index (χ0n) is 13.4. The van der Waals surface area contributed by atoms with E-state index in [2.05, 4.69) is 10.3 Å². The van der Waals surface area contributed by atoms with Crippen LogP contribution in [0.2, 0.25) is 10.0 Å². The summed E-state index contributed by atoms with van der Waals surface area (Å²) in [7, 11) is 0. The Kier molecular flexibility index (Phi) is 4.37. The highest BCUT2D eigenvalue weighted by molar-refractivity contribution is 6.43. The van der Waals surface area contributed by atoms with Gasteiger partial charge >= 0.3 is 0 Å². The van der Waals surface area contributed by atoms with Gasteiger partial charge in [-0.1, -0.05) is 35.3 Å². The molecule has 1 N–H and O–H groups in total. The number of hydrogen-bond acceptors (Lipinski definition) is 3. The molecule has 0 radical (unpaired) electrons. The maximum atomic E-state index is 12.6. The highest BCUT2D eigenvalue weighted by Gasteiger charge is 2.16. The van der Waals surface area contributed by atoms with Gasteiger partial charge in [0.05, 0.1) is 21.2 Å². The maximum absolute atomic E-state index is 12.6. The third-order valence-corrected chi connectivity index (χ3v) is 4.76. The van der Waals surface area contributed by atoms with Crippen LogP contribution < -0.4 is 5.32 Å². The summed E-state index contributed by atoms with van der Waals surface area (Å²) < 4.78 is 5.68. The van der Waals surface area contributed by atoms with Gasteiger partial charge in [-0.25, -0.2) is 0 Å². The third-order valence-electron chi connectivity index (χ3n) is 3.94. The Bertz CT molecular complexity index is 1120. The molecule has 0 saturated carbocycles. The van der Waals surface area contributed by atoms with E-state index < -0.39 is 0 Å². The van der Waals surface area contributed by atoms with Crippen molar-refractivity contribution < 1.29 is 9.21 Å². The lowest BCUT2D eigenvalue weighted by molar-refractivity contribution is 0.0997. The van der Waals surface area contributed by atoms with Crippen LogP contribution in [0.3, 0.4) is 0 Å². The van der Waals surface area contributed by atoms with Crippen LogP contribution in [-0.4, -0.2) is 10.9 Å². The summed E-state index contributed by atoms with van der Waals surface area (Å²) in [5.41, 5.74) is 2.10. The number of amides is 1. The minimum atomic E-state index is -0.356. The van der Waals surface area contributed by atoms with Gasteiger partial charge in [0.1, 0.15) is 5.76 Å². The Morgan fingerprint density at radius 2 is 1.81 bits per heavy atom. The van der Waals surface area contributed by atoms with Crippen LogP contribution in [0.5, 0.6) is 0 Å². The highest BCUT2D eigenvalue weighted by atomic mass is 35.5. The molecule has 6 heteroatoms. The lowest BCUT2D eigenvalue weighted by atomic mass is 10.2. The third kappa shape index (κ3) is 3.05. The standard InChI is InChI=1S/C20H12Cl2N2O2/c21-14-6-1-4-13(19(14)22)17-9-10-18(26-17)20(25)24-16-8-2-7-15-12(16)5-3-11-23-15/h1-11H,(H,24,25). The number of halogens is 2. The predicted octanol–water partition coefficient (Wildman–Crippen LogP) is 6.05. The SMILES string of the molecule is O=C(Nc1cccc2ncccc12)c1ccc(-c2cccc(Cl)c2Cl)o1. The fourth-order valence-electron chi connectivity index (χ4n) is 2.70. The molecule has 4 aromatic rings. The number of nitrogens with zero attached hydrogens (tertiary/aromatic N) is 1. The molecular formula is C20H12Cl2N2O2. The van der Waals surface area contributed by atoms with Crippen molar-refractivity contribution in [3.8, 4) is 11.3 Å². The van der Waals surface area contributed by atoms with Gasteiger partial charge in [-0.05, 0) is 48.5 Å². The fraction of sp³-hybridized carbons (Fsp3) is 0. The Morgan fingerprint density at radius 1 is 0.962 bits per heavy atom. The second-order valence-corrected chi connectivity index (χ2v) is 6.38. The molecule has 0 aliphatic rings. The quantitative estimate of drug-likeness (QED) is 0.468. The minimum Gasteiger partial charge on any atom is -0.451 e. The molecule has 0 spiro atoms. The van der Waals surface area contributed by atoms with Crippen molar-refractivity contribution in [3.05, 3.63) is 82.7 Å². The molecule has 4 nitrogen and oxygen atoms in total. The van der Waals surface area contributed by atoms with Crippen molar-refractivity contribution in [2.24, 2.45) is 0 Å². The summed E-state index contributed by atoms with van der Waals surface area (Å²) in [5.74, 6) is 0.296. The van der Waals surface area contributed by atoms with E-state index in [0.29, 0.717) is 27.1 Å². The average molecular weight is 383 g/mol. The molecule has 0 unspecified atom stereocenters. The first-order valence-electron chi connectivity index (χ1n) is 7.83. The van der Waals surface area contributed by atoms with E-state index in [1.54, 1.807) is 36.5 Å². The number of carbonyl (C=O) groups is 1. The molecule has 0 atom stereocenters. The smallest absolute Gasteiger partial charge is 0.291 e. The van der Waals surface area contributed by atoms with Crippen molar-refractivity contribution in [2.75, 3.05) is 5.32 Å². The molecule has 0 aliphatic heterocycles. The summed E-state index contributed by atoms with van der Waals surface area (Å²) in [4.78, 5) is 16.9. The molecular weight excluding hydrogens is 371 g/mol. The molecule has 1 amide bonds. The zero-order valence-corrected chi connectivity index (χ0v) is 14.9. The van der Waals surface area contributed by atoms with Gasteiger partial charge in [0.15, 0.2) is 5.76 Å². The van der Waals surface area contributed by atoms with Gasteiger partial charge in [-0.3, -0.25) is 9.78 Å². The maximum Gasteiger partial charge on any atom is 0.291 e. The molecule has 4 rings (SSSR count). The number of nitrogens with one attached hydrogen (secondary N) is 1. The lowest BCUT2D eigenvalue weighted by Crippen LogP contribution is -2.11. The number of fused-ring (bicyclic) bond motifs is 1. The van der Waals surface area contributed by atoms with Gasteiger partial charge in [-0.15, -0.1) is 0 Å². The van der Waals surface area contributed by atoms with Crippen molar-refractivity contribution in [1.29, 1.82) is 0 Å². The fourth-order valence-corrected chi connectivity index (χ4v) is 3.09. The number of pyridine rings is 1. The Balaban J connectivity index is 1.63. The predicted molar refractivity (Wildman–Crippen MR) is 104 cm³/mol. The van der Waals surface area contributed by atoms with Crippen LogP contribution in [0.25, 0.3) is 22.2 Å². The van der Waals surface area contributed by atoms with Crippen molar-refractivity contribution in [2.45, 2.75) is 0 Å². The zero-order chi connectivity index (χ0) is 18.1. The molecule has 26 heavy (non-hydrogen) atoms. The van der Waals surface area contributed by atoms with Gasteiger partial charge in [0.25, 0.3) is 5.91 Å². The van der Waals surface area contributed by atoms with E-state index in [1.165, 1.54) is 0 Å². The van der Waals surface area contributed by atoms with Crippen LogP contribution in [0.1, 0.15) is 10.6 Å². The van der Waals surface area contributed by atoms with E-state index in [0.717, 1.165) is 10.9 Å². The number of anilines is 1. The molecule has 128 valence electrons. The van der Waals surface area contributed by atoms with Crippen LogP contribution in [0.15, 0.2) is 71.3 Å². The van der Waals surface area contributed by atoms with Gasteiger partial charge in [-0.2, -0.15) is 0 Å². The monoisotopic (exact) mass is 382 g/mol. The first-order valence-corrected chi connectivity index (χ1v) is 8.58. The highest BCUT2D eigenvalue weighted by Crippen LogP contribution is 2.34. The van der Waals surface area contributed by atoms with Gasteiger partial charge in [0, 0.05) is 17.1 Å². The summed E-state index contributed by atoms with van der Waals surface area (Å²) in [5, 5.41) is 4.53. The molecule has 0 aliphatic carbocycles. The topological polar surface area (TPSA) is 55.1 Å². The molecule has 2 aromatic heterocycles. The Morgan fingerprint density at radius 3 is 2.69 bits per heavy atom. The summed E-state index contributed by atoms with van der Waals surface area (Å²) >= 11 is 12.2. The van der Waals surface area contributed by atoms with E-state index in [4.69, 9.17) is 27.6 Å². The van der Waals surface area contributed by atoms with Crippen LogP contribution >= 0.6 is 23.2 Å². The van der Waals surface area contributed by atoms with Crippen molar-refractivity contribution >= 4 is 45.7 Å². The Labute approximate surface area is 159 Å². The first-order chi connectivity index (χ1) is 12.6. The van der Waals surface area contributed by atoms with Gasteiger partial charge < -0.3 is 9.73 Å². The number of rotatable bonds is 3. The summed E-state index contributed by atoms with van der Waals surface area (Å²) in [6, 6.07) is 17.8. The average Bonchev–Trinajstić information content (AvgIpc) is 3.14. The number of aromatic nitrogens is 1. The molecule has 2 aromatic carbocycles.